The monoisotopic (exact) mass is 449 g/mol. The number of aryl methyl sites for hydroxylation is 2. The molecule has 0 N–H and O–H groups in total. The lowest BCUT2D eigenvalue weighted by molar-refractivity contribution is 0.387. The highest BCUT2D eigenvalue weighted by Crippen LogP contribution is 2.37. The minimum Gasteiger partial charge on any atom is -0.437 e. The van der Waals surface area contributed by atoms with Crippen molar-refractivity contribution in [1.29, 1.82) is 0 Å². The van der Waals surface area contributed by atoms with Gasteiger partial charge >= 0.3 is 0 Å². The zero-order valence-corrected chi connectivity index (χ0v) is 20.8. The van der Waals surface area contributed by atoms with Crippen LogP contribution in [0.15, 0.2) is 71.3 Å². The molecule has 0 aliphatic rings. The summed E-state index contributed by atoms with van der Waals surface area (Å²) in [6.07, 6.45) is 1.86. The van der Waals surface area contributed by atoms with Gasteiger partial charge in [-0.15, -0.1) is 0 Å². The first-order valence-electron chi connectivity index (χ1n) is 12.6. The fourth-order valence-corrected chi connectivity index (χ4v) is 5.30. The Balaban J connectivity index is 1.62. The van der Waals surface area contributed by atoms with E-state index >= 15 is 0 Å². The molecule has 0 radical (unpaired) electrons. The highest BCUT2D eigenvalue weighted by Gasteiger charge is 2.21. The third-order valence-corrected chi connectivity index (χ3v) is 6.72. The van der Waals surface area contributed by atoms with Gasteiger partial charge in [0.1, 0.15) is 5.58 Å². The average molecular weight is 450 g/mol. The number of hydrogen-bond acceptors (Lipinski definition) is 3. The Morgan fingerprint density at radius 1 is 0.765 bits per heavy atom. The molecule has 0 saturated carbocycles. The molecule has 0 amide bonds. The molecule has 0 atom stereocenters. The molecule has 0 bridgehead atoms. The molecule has 0 spiro atoms. The normalized spacial score (nSPS) is 12.8. The van der Waals surface area contributed by atoms with E-state index in [1.165, 1.54) is 11.1 Å². The van der Waals surface area contributed by atoms with Crippen LogP contribution in [0.1, 0.15) is 51.7 Å². The van der Waals surface area contributed by atoms with E-state index in [9.17, 15) is 0 Å². The number of fused-ring (bicyclic) bond motifs is 3. The van der Waals surface area contributed by atoms with Crippen LogP contribution >= 0.6 is 0 Å². The molecular weight excluding hydrogens is 416 g/mol. The lowest BCUT2D eigenvalue weighted by Gasteiger charge is -2.25. The van der Waals surface area contributed by atoms with Crippen LogP contribution in [0, 0.1) is 25.7 Å². The van der Waals surface area contributed by atoms with E-state index in [0.717, 1.165) is 44.4 Å². The lowest BCUT2D eigenvalue weighted by atomic mass is 9.81. The van der Waals surface area contributed by atoms with Crippen LogP contribution < -0.4 is 0 Å². The molecule has 3 aromatic heterocycles. The summed E-state index contributed by atoms with van der Waals surface area (Å²) in [6.45, 7) is 12.7. The molecule has 172 valence electrons. The zero-order chi connectivity index (χ0) is 24.9. The lowest BCUT2D eigenvalue weighted by Crippen LogP contribution is -2.13. The summed E-state index contributed by atoms with van der Waals surface area (Å²) in [4.78, 5) is 9.70. The van der Waals surface area contributed by atoms with Crippen LogP contribution in [0.2, 0.25) is 0 Å². The molecule has 5 rings (SSSR count). The number of rotatable bonds is 5. The first-order chi connectivity index (χ1) is 16.7. The van der Waals surface area contributed by atoms with Gasteiger partial charge in [-0.25, -0.2) is 4.98 Å². The number of hydrogen-bond donors (Lipinski definition) is 0. The maximum Gasteiger partial charge on any atom is 0.227 e. The van der Waals surface area contributed by atoms with Crippen LogP contribution in [0.3, 0.4) is 0 Å². The van der Waals surface area contributed by atoms with Crippen molar-refractivity contribution in [2.24, 2.45) is 11.8 Å². The first kappa shape index (κ1) is 21.1. The summed E-state index contributed by atoms with van der Waals surface area (Å²) in [6, 6.07) is 20.7. The van der Waals surface area contributed by atoms with Crippen molar-refractivity contribution in [2.45, 2.75) is 47.4 Å². The summed E-state index contributed by atoms with van der Waals surface area (Å²) in [5.41, 5.74) is 8.62. The zero-order valence-electron chi connectivity index (χ0n) is 21.8. The molecule has 0 unspecified atom stereocenters. The average Bonchev–Trinajstić information content (AvgIpc) is 3.21. The van der Waals surface area contributed by atoms with Gasteiger partial charge in [0.05, 0.1) is 11.4 Å². The Morgan fingerprint density at radius 3 is 2.09 bits per heavy atom. The van der Waals surface area contributed by atoms with Gasteiger partial charge in [-0.05, 0) is 72.5 Å². The van der Waals surface area contributed by atoms with Gasteiger partial charge in [0, 0.05) is 29.5 Å². The fraction of sp³-hybridized carbons (Fsp3) is 0.290. The summed E-state index contributed by atoms with van der Waals surface area (Å²) >= 11 is 0. The Kier molecular flexibility index (Phi) is 5.41. The summed E-state index contributed by atoms with van der Waals surface area (Å²) in [7, 11) is 0. The van der Waals surface area contributed by atoms with Gasteiger partial charge in [0.2, 0.25) is 5.71 Å². The first-order valence-corrected chi connectivity index (χ1v) is 12.1. The number of pyridine rings is 2. The highest BCUT2D eigenvalue weighted by atomic mass is 16.3. The van der Waals surface area contributed by atoms with Crippen LogP contribution in [0.25, 0.3) is 44.6 Å². The number of para-hydroxylation sites is 1. The van der Waals surface area contributed by atoms with E-state index in [2.05, 4.69) is 77.9 Å². The predicted octanol–water partition coefficient (Wildman–Crippen LogP) is 8.72. The summed E-state index contributed by atoms with van der Waals surface area (Å²) in [5, 5.41) is 2.03. The van der Waals surface area contributed by atoms with E-state index < -0.39 is 5.89 Å². The fourth-order valence-electron chi connectivity index (χ4n) is 5.30. The minimum atomic E-state index is -0.676. The van der Waals surface area contributed by atoms with Crippen LogP contribution in [0.5, 0.6) is 0 Å². The predicted molar refractivity (Wildman–Crippen MR) is 142 cm³/mol. The quantitative estimate of drug-likeness (QED) is 0.269. The van der Waals surface area contributed by atoms with Gasteiger partial charge in [0.25, 0.3) is 0 Å². The molecular formula is C31H32N2O. The van der Waals surface area contributed by atoms with Gasteiger partial charge in [0.15, 0.2) is 0 Å². The number of aromatic nitrogens is 2. The molecule has 5 aromatic rings. The molecule has 0 aliphatic carbocycles. The topological polar surface area (TPSA) is 38.9 Å². The smallest absolute Gasteiger partial charge is 0.227 e. The molecule has 3 heteroatoms. The Labute approximate surface area is 203 Å². The van der Waals surface area contributed by atoms with Crippen molar-refractivity contribution < 1.29 is 5.79 Å². The molecule has 3 heterocycles. The Bertz CT molecular complexity index is 1500. The van der Waals surface area contributed by atoms with Crippen molar-refractivity contribution in [3.63, 3.8) is 0 Å². The van der Waals surface area contributed by atoms with Crippen molar-refractivity contribution in [3.05, 3.63) is 83.6 Å². The number of benzene rings is 2. The van der Waals surface area contributed by atoms with Crippen LogP contribution in [0.4, 0.5) is 0 Å². The van der Waals surface area contributed by atoms with Crippen LogP contribution in [-0.4, -0.2) is 9.97 Å². The molecule has 3 nitrogen and oxygen atoms in total. The third kappa shape index (κ3) is 3.79. The maximum atomic E-state index is 9.10. The highest BCUT2D eigenvalue weighted by molar-refractivity contribution is 6.08. The third-order valence-electron chi connectivity index (χ3n) is 6.72. The SMILES string of the molecule is [2H]C(c1ccc(-c2cccc3c2oc2nc(-c4c(C)cccc4C)ccc23)nc1)(C(C)C)C(C)C. The van der Waals surface area contributed by atoms with E-state index in [1.54, 1.807) is 0 Å². The molecule has 0 saturated heterocycles. The van der Waals surface area contributed by atoms with Gasteiger partial charge in [-0.2, -0.15) is 0 Å². The largest absolute Gasteiger partial charge is 0.437 e. The summed E-state index contributed by atoms with van der Waals surface area (Å²) in [5.74, 6) is -0.303. The summed E-state index contributed by atoms with van der Waals surface area (Å²) < 4.78 is 15.5. The van der Waals surface area contributed by atoms with Crippen molar-refractivity contribution in [3.8, 4) is 22.5 Å². The number of nitrogens with zero attached hydrogens (tertiary/aromatic N) is 2. The standard InChI is InChI=1S/C31H32N2O/c1-18(2)28(19(3)4)22-13-15-26(32-17-22)25-12-8-11-23-24-14-16-27(33-31(24)34-30(23)25)29-20(5)9-7-10-21(29)6/h7-19,28H,1-6H3/i28D. The second-order valence-electron chi connectivity index (χ2n) is 9.80. The second-order valence-corrected chi connectivity index (χ2v) is 9.80. The van der Waals surface area contributed by atoms with Crippen molar-refractivity contribution in [2.75, 3.05) is 0 Å². The molecule has 34 heavy (non-hydrogen) atoms. The van der Waals surface area contributed by atoms with E-state index in [0.29, 0.717) is 5.71 Å². The van der Waals surface area contributed by atoms with E-state index in [1.807, 2.05) is 30.5 Å². The van der Waals surface area contributed by atoms with E-state index in [-0.39, 0.29) is 11.8 Å². The Morgan fingerprint density at radius 2 is 1.44 bits per heavy atom. The van der Waals surface area contributed by atoms with Crippen LogP contribution in [-0.2, 0) is 0 Å². The number of furan rings is 1. The van der Waals surface area contributed by atoms with Crippen molar-refractivity contribution >= 4 is 22.1 Å². The second kappa shape index (κ2) is 8.72. The molecule has 0 aliphatic heterocycles. The van der Waals surface area contributed by atoms with E-state index in [4.69, 9.17) is 15.8 Å². The van der Waals surface area contributed by atoms with Gasteiger partial charge in [-0.1, -0.05) is 64.1 Å². The minimum absolute atomic E-state index is 0.186. The molecule has 2 aromatic carbocycles. The molecule has 0 fully saturated rings. The Hall–Kier alpha value is -3.46. The maximum absolute atomic E-state index is 9.10. The van der Waals surface area contributed by atoms with Gasteiger partial charge < -0.3 is 4.42 Å². The van der Waals surface area contributed by atoms with Crippen molar-refractivity contribution in [1.82, 2.24) is 9.97 Å². The van der Waals surface area contributed by atoms with Gasteiger partial charge in [-0.3, -0.25) is 4.98 Å².